The van der Waals surface area contributed by atoms with E-state index >= 15 is 0 Å². The Balaban J connectivity index is 1.81. The van der Waals surface area contributed by atoms with E-state index in [1.165, 1.54) is 0 Å². The van der Waals surface area contributed by atoms with E-state index in [-0.39, 0.29) is 5.92 Å². The van der Waals surface area contributed by atoms with Gasteiger partial charge in [-0.3, -0.25) is 0 Å². The maximum atomic E-state index is 10.2. The van der Waals surface area contributed by atoms with Gasteiger partial charge in [-0.05, 0) is 24.6 Å². The molecule has 2 atom stereocenters. The van der Waals surface area contributed by atoms with Crippen LogP contribution in [-0.2, 0) is 4.74 Å². The predicted molar refractivity (Wildman–Crippen MR) is 67.4 cm³/mol. The van der Waals surface area contributed by atoms with Crippen LogP contribution in [0.3, 0.4) is 0 Å². The second kappa shape index (κ2) is 4.92. The summed E-state index contributed by atoms with van der Waals surface area (Å²) in [6.07, 6.45) is 2.25. The molecule has 1 aromatic heterocycles. The Morgan fingerprint density at radius 1 is 1.28 bits per heavy atom. The average Bonchev–Trinajstić information content (AvgIpc) is 3.10. The summed E-state index contributed by atoms with van der Waals surface area (Å²) in [4.78, 5) is 0. The normalized spacial score (nSPS) is 21.1. The van der Waals surface area contributed by atoms with Crippen molar-refractivity contribution in [3.8, 4) is 5.69 Å². The maximum absolute atomic E-state index is 10.2. The second-order valence-electron chi connectivity index (χ2n) is 4.59. The molecule has 94 valence electrons. The van der Waals surface area contributed by atoms with Gasteiger partial charge in [0.1, 0.15) is 6.10 Å². The van der Waals surface area contributed by atoms with Crippen LogP contribution in [-0.4, -0.2) is 28.1 Å². The van der Waals surface area contributed by atoms with Crippen molar-refractivity contribution in [1.82, 2.24) is 9.78 Å². The van der Waals surface area contributed by atoms with Crippen molar-refractivity contribution in [2.24, 2.45) is 5.92 Å². The van der Waals surface area contributed by atoms with Gasteiger partial charge in [0.25, 0.3) is 0 Å². The van der Waals surface area contributed by atoms with Gasteiger partial charge in [-0.2, -0.15) is 5.10 Å². The van der Waals surface area contributed by atoms with Crippen LogP contribution in [0.5, 0.6) is 0 Å². The van der Waals surface area contributed by atoms with Gasteiger partial charge in [0, 0.05) is 18.7 Å². The monoisotopic (exact) mass is 244 g/mol. The van der Waals surface area contributed by atoms with Gasteiger partial charge >= 0.3 is 0 Å². The van der Waals surface area contributed by atoms with Gasteiger partial charge in [-0.15, -0.1) is 0 Å². The van der Waals surface area contributed by atoms with Crippen LogP contribution in [0.15, 0.2) is 42.6 Å². The first-order valence-electron chi connectivity index (χ1n) is 6.21. The lowest BCUT2D eigenvalue weighted by molar-refractivity contribution is 0.0882. The van der Waals surface area contributed by atoms with Gasteiger partial charge in [0.05, 0.1) is 18.0 Å². The fourth-order valence-corrected chi connectivity index (χ4v) is 2.26. The molecule has 1 aliphatic heterocycles. The van der Waals surface area contributed by atoms with Crippen molar-refractivity contribution in [2.45, 2.75) is 12.5 Å². The van der Waals surface area contributed by atoms with Crippen LogP contribution in [0.2, 0.25) is 0 Å². The number of rotatable bonds is 3. The molecule has 0 radical (unpaired) electrons. The molecule has 3 rings (SSSR count). The van der Waals surface area contributed by atoms with Crippen LogP contribution in [0.4, 0.5) is 0 Å². The predicted octanol–water partition coefficient (Wildman–Crippen LogP) is 1.94. The topological polar surface area (TPSA) is 47.3 Å². The van der Waals surface area contributed by atoms with Crippen LogP contribution in [0.25, 0.3) is 5.69 Å². The van der Waals surface area contributed by atoms with Crippen molar-refractivity contribution >= 4 is 0 Å². The van der Waals surface area contributed by atoms with E-state index in [0.29, 0.717) is 12.3 Å². The Morgan fingerprint density at radius 3 is 2.83 bits per heavy atom. The molecule has 2 aromatic rings. The Hall–Kier alpha value is -1.65. The van der Waals surface area contributed by atoms with Gasteiger partial charge < -0.3 is 9.84 Å². The summed E-state index contributed by atoms with van der Waals surface area (Å²) in [5.74, 6) is 0.170. The zero-order valence-corrected chi connectivity index (χ0v) is 10.1. The number of benzene rings is 1. The van der Waals surface area contributed by atoms with Gasteiger partial charge in [-0.25, -0.2) is 4.68 Å². The third kappa shape index (κ3) is 2.17. The minimum absolute atomic E-state index is 0.170. The number of hydrogen-bond acceptors (Lipinski definition) is 3. The van der Waals surface area contributed by atoms with E-state index in [1.54, 1.807) is 4.68 Å². The third-order valence-corrected chi connectivity index (χ3v) is 3.34. The SMILES string of the molecule is OC(c1ccn(-c2ccccc2)n1)C1CCOC1. The van der Waals surface area contributed by atoms with Crippen LogP contribution < -0.4 is 0 Å². The minimum Gasteiger partial charge on any atom is -0.386 e. The zero-order valence-electron chi connectivity index (χ0n) is 10.1. The Labute approximate surface area is 106 Å². The molecule has 2 heterocycles. The van der Waals surface area contributed by atoms with Crippen molar-refractivity contribution in [3.63, 3.8) is 0 Å². The quantitative estimate of drug-likeness (QED) is 0.897. The van der Waals surface area contributed by atoms with E-state index in [1.807, 2.05) is 42.6 Å². The van der Waals surface area contributed by atoms with E-state index in [9.17, 15) is 5.11 Å². The molecular weight excluding hydrogens is 228 g/mol. The highest BCUT2D eigenvalue weighted by molar-refractivity contribution is 5.30. The molecule has 2 unspecified atom stereocenters. The number of aliphatic hydroxyl groups excluding tert-OH is 1. The lowest BCUT2D eigenvalue weighted by atomic mass is 9.99. The molecule has 1 aliphatic rings. The highest BCUT2D eigenvalue weighted by Gasteiger charge is 2.26. The molecule has 1 aromatic carbocycles. The third-order valence-electron chi connectivity index (χ3n) is 3.34. The number of aromatic nitrogens is 2. The van der Waals surface area contributed by atoms with Gasteiger partial charge in [0.2, 0.25) is 0 Å². The Kier molecular flexibility index (Phi) is 3.13. The van der Waals surface area contributed by atoms with Crippen LogP contribution >= 0.6 is 0 Å². The molecule has 4 heteroatoms. The van der Waals surface area contributed by atoms with Crippen molar-refractivity contribution in [1.29, 1.82) is 0 Å². The molecule has 1 fully saturated rings. The van der Waals surface area contributed by atoms with E-state index in [2.05, 4.69) is 5.10 Å². The lowest BCUT2D eigenvalue weighted by Gasteiger charge is -2.13. The summed E-state index contributed by atoms with van der Waals surface area (Å²) in [7, 11) is 0. The summed E-state index contributed by atoms with van der Waals surface area (Å²) in [6, 6.07) is 11.8. The molecule has 0 amide bonds. The second-order valence-corrected chi connectivity index (χ2v) is 4.59. The number of ether oxygens (including phenoxy) is 1. The van der Waals surface area contributed by atoms with Crippen molar-refractivity contribution in [2.75, 3.05) is 13.2 Å². The number of hydrogen-bond donors (Lipinski definition) is 1. The fourth-order valence-electron chi connectivity index (χ4n) is 2.26. The molecule has 4 nitrogen and oxygen atoms in total. The average molecular weight is 244 g/mol. The summed E-state index contributed by atoms with van der Waals surface area (Å²) in [6.45, 7) is 1.36. The summed E-state index contributed by atoms with van der Waals surface area (Å²) < 4.78 is 7.08. The number of aliphatic hydroxyl groups is 1. The van der Waals surface area contributed by atoms with Gasteiger partial charge in [-0.1, -0.05) is 18.2 Å². The van der Waals surface area contributed by atoms with E-state index in [4.69, 9.17) is 4.74 Å². The largest absolute Gasteiger partial charge is 0.386 e. The molecular formula is C14H16N2O2. The first-order chi connectivity index (χ1) is 8.84. The zero-order chi connectivity index (χ0) is 12.4. The van der Waals surface area contributed by atoms with Crippen molar-refractivity contribution < 1.29 is 9.84 Å². The van der Waals surface area contributed by atoms with Crippen molar-refractivity contribution in [3.05, 3.63) is 48.3 Å². The summed E-state index contributed by atoms with van der Waals surface area (Å²) in [5.41, 5.74) is 1.72. The van der Waals surface area contributed by atoms with Crippen LogP contribution in [0, 0.1) is 5.92 Å². The molecule has 0 spiro atoms. The standard InChI is InChI=1S/C14H16N2O2/c17-14(11-7-9-18-10-11)13-6-8-16(15-13)12-4-2-1-3-5-12/h1-6,8,11,14,17H,7,9-10H2. The van der Waals surface area contributed by atoms with E-state index in [0.717, 1.165) is 18.7 Å². The molecule has 0 saturated carbocycles. The minimum atomic E-state index is -0.530. The number of para-hydroxylation sites is 1. The first-order valence-corrected chi connectivity index (χ1v) is 6.21. The van der Waals surface area contributed by atoms with Crippen LogP contribution in [0.1, 0.15) is 18.2 Å². The fraction of sp³-hybridized carbons (Fsp3) is 0.357. The first kappa shape index (κ1) is 11.4. The molecule has 1 N–H and O–H groups in total. The molecule has 0 aliphatic carbocycles. The molecule has 0 bridgehead atoms. The molecule has 18 heavy (non-hydrogen) atoms. The maximum Gasteiger partial charge on any atom is 0.103 e. The Morgan fingerprint density at radius 2 is 2.11 bits per heavy atom. The van der Waals surface area contributed by atoms with Gasteiger partial charge in [0.15, 0.2) is 0 Å². The number of nitrogens with zero attached hydrogens (tertiary/aromatic N) is 2. The highest BCUT2D eigenvalue weighted by Crippen LogP contribution is 2.27. The Bertz CT molecular complexity index is 504. The highest BCUT2D eigenvalue weighted by atomic mass is 16.5. The lowest BCUT2D eigenvalue weighted by Crippen LogP contribution is -2.13. The summed E-state index contributed by atoms with van der Waals surface area (Å²) in [5, 5.41) is 14.7. The smallest absolute Gasteiger partial charge is 0.103 e. The summed E-state index contributed by atoms with van der Waals surface area (Å²) >= 11 is 0. The molecule has 1 saturated heterocycles. The van der Waals surface area contributed by atoms with E-state index < -0.39 is 6.10 Å².